The number of hydrogen-bond donors (Lipinski definition) is 1. The second-order valence-electron chi connectivity index (χ2n) is 7.46. The Kier molecular flexibility index (Phi) is 6.59. The van der Waals surface area contributed by atoms with E-state index in [1.807, 2.05) is 36.4 Å². The van der Waals surface area contributed by atoms with E-state index in [4.69, 9.17) is 28.2 Å². The number of hydrogen-bond acceptors (Lipinski definition) is 3. The minimum Gasteiger partial charge on any atom is -0.317 e. The van der Waals surface area contributed by atoms with Crippen molar-refractivity contribution < 1.29 is 0 Å². The first kappa shape index (κ1) is 21.4. The molecule has 4 aromatic rings. The molecule has 0 fully saturated rings. The molecule has 158 valence electrons. The van der Waals surface area contributed by atoms with Gasteiger partial charge in [-0.25, -0.2) is 9.66 Å². The second-order valence-corrected chi connectivity index (χ2v) is 8.31. The van der Waals surface area contributed by atoms with Crippen molar-refractivity contribution >= 4 is 34.1 Å². The van der Waals surface area contributed by atoms with Crippen molar-refractivity contribution in [3.8, 4) is 11.4 Å². The third-order valence-corrected chi connectivity index (χ3v) is 5.84. The summed E-state index contributed by atoms with van der Waals surface area (Å²) < 4.78 is 1.51. The summed E-state index contributed by atoms with van der Waals surface area (Å²) in [7, 11) is 0. The minimum atomic E-state index is -0.152. The molecule has 0 amide bonds. The lowest BCUT2D eigenvalue weighted by Gasteiger charge is -2.16. The molecule has 0 spiro atoms. The van der Waals surface area contributed by atoms with Gasteiger partial charge in [0.25, 0.3) is 5.56 Å². The lowest BCUT2D eigenvalue weighted by molar-refractivity contribution is 0.793. The number of benzene rings is 3. The number of halogens is 2. The van der Waals surface area contributed by atoms with Gasteiger partial charge in [0.2, 0.25) is 0 Å². The highest BCUT2D eigenvalue weighted by Crippen LogP contribution is 2.23. The van der Waals surface area contributed by atoms with Crippen molar-refractivity contribution in [2.75, 3.05) is 5.43 Å². The molecule has 0 aliphatic rings. The van der Waals surface area contributed by atoms with E-state index in [9.17, 15) is 4.79 Å². The molecule has 1 heterocycles. The molecule has 1 aromatic heterocycles. The first-order valence-electron chi connectivity index (χ1n) is 10.4. The molecule has 0 radical (unpaired) electrons. The van der Waals surface area contributed by atoms with Gasteiger partial charge >= 0.3 is 0 Å². The Balaban J connectivity index is 1.75. The Morgan fingerprint density at radius 1 is 1.00 bits per heavy atom. The molecular formula is C25H23Cl2N3O. The van der Waals surface area contributed by atoms with Crippen LogP contribution in [0.3, 0.4) is 0 Å². The van der Waals surface area contributed by atoms with Gasteiger partial charge in [0, 0.05) is 15.6 Å². The zero-order valence-electron chi connectivity index (χ0n) is 17.2. The summed E-state index contributed by atoms with van der Waals surface area (Å²) in [6.07, 6.45) is 3.36. The number of aryl methyl sites for hydroxylation is 1. The maximum atomic E-state index is 13.3. The number of nitrogens with zero attached hydrogens (tertiary/aromatic N) is 2. The summed E-state index contributed by atoms with van der Waals surface area (Å²) in [6.45, 7) is 2.54. The smallest absolute Gasteiger partial charge is 0.280 e. The van der Waals surface area contributed by atoms with Gasteiger partial charge in [-0.1, -0.05) is 79.0 Å². The van der Waals surface area contributed by atoms with E-state index < -0.39 is 0 Å². The number of para-hydroxylation sites is 1. The predicted octanol–water partition coefficient (Wildman–Crippen LogP) is 6.46. The zero-order chi connectivity index (χ0) is 21.8. The molecule has 31 heavy (non-hydrogen) atoms. The lowest BCUT2D eigenvalue weighted by atomic mass is 10.1. The topological polar surface area (TPSA) is 46.9 Å². The fourth-order valence-corrected chi connectivity index (χ4v) is 3.98. The van der Waals surface area contributed by atoms with Crippen LogP contribution in [0.25, 0.3) is 22.3 Å². The van der Waals surface area contributed by atoms with Gasteiger partial charge in [0.05, 0.1) is 17.4 Å². The summed E-state index contributed by atoms with van der Waals surface area (Å²) in [6, 6.07) is 20.9. The Labute approximate surface area is 191 Å². The van der Waals surface area contributed by atoms with E-state index in [0.717, 1.165) is 30.4 Å². The lowest BCUT2D eigenvalue weighted by Crippen LogP contribution is -2.31. The standard InChI is InChI=1S/C25H23Cl2N3O/c1-2-3-6-17-9-11-18(12-10-17)24-29-23-8-5-4-7-21(23)25(31)30(24)28-16-19-13-14-20(26)15-22(19)27/h4-5,7-15,28H,2-3,6,16H2,1H3. The first-order chi connectivity index (χ1) is 15.1. The van der Waals surface area contributed by atoms with Crippen LogP contribution in [0.2, 0.25) is 10.0 Å². The number of fused-ring (bicyclic) bond motifs is 1. The van der Waals surface area contributed by atoms with E-state index in [-0.39, 0.29) is 5.56 Å². The predicted molar refractivity (Wildman–Crippen MR) is 130 cm³/mol. The van der Waals surface area contributed by atoms with Crippen molar-refractivity contribution in [3.05, 3.63) is 98.3 Å². The monoisotopic (exact) mass is 451 g/mol. The maximum Gasteiger partial charge on any atom is 0.280 e. The Morgan fingerprint density at radius 3 is 2.52 bits per heavy atom. The fraction of sp³-hybridized carbons (Fsp3) is 0.200. The zero-order valence-corrected chi connectivity index (χ0v) is 18.7. The van der Waals surface area contributed by atoms with Gasteiger partial charge in [0.1, 0.15) is 0 Å². The number of aromatic nitrogens is 2. The average Bonchev–Trinajstić information content (AvgIpc) is 2.78. The normalized spacial score (nSPS) is 11.1. The quantitative estimate of drug-likeness (QED) is 0.350. The Bertz CT molecular complexity index is 1270. The summed E-state index contributed by atoms with van der Waals surface area (Å²) >= 11 is 12.3. The van der Waals surface area contributed by atoms with Gasteiger partial charge < -0.3 is 5.43 Å². The molecule has 1 N–H and O–H groups in total. The van der Waals surface area contributed by atoms with Crippen LogP contribution in [0.5, 0.6) is 0 Å². The largest absolute Gasteiger partial charge is 0.317 e. The fourth-order valence-electron chi connectivity index (χ4n) is 3.50. The summed E-state index contributed by atoms with van der Waals surface area (Å²) in [5.74, 6) is 0.566. The van der Waals surface area contributed by atoms with Gasteiger partial charge in [0.15, 0.2) is 5.82 Å². The molecule has 4 nitrogen and oxygen atoms in total. The number of rotatable bonds is 7. The van der Waals surface area contributed by atoms with Crippen LogP contribution in [0, 0.1) is 0 Å². The average molecular weight is 452 g/mol. The maximum absolute atomic E-state index is 13.3. The summed E-state index contributed by atoms with van der Waals surface area (Å²) in [5, 5.41) is 1.67. The van der Waals surface area contributed by atoms with Crippen LogP contribution in [0.15, 0.2) is 71.5 Å². The third-order valence-electron chi connectivity index (χ3n) is 5.25. The van der Waals surface area contributed by atoms with E-state index in [1.165, 1.54) is 10.2 Å². The molecule has 0 aliphatic carbocycles. The van der Waals surface area contributed by atoms with Crippen molar-refractivity contribution in [1.29, 1.82) is 0 Å². The van der Waals surface area contributed by atoms with E-state index in [0.29, 0.717) is 33.3 Å². The van der Waals surface area contributed by atoms with Crippen LogP contribution in [0.4, 0.5) is 0 Å². The van der Waals surface area contributed by atoms with E-state index in [1.54, 1.807) is 18.2 Å². The summed E-state index contributed by atoms with van der Waals surface area (Å²) in [4.78, 5) is 18.1. The summed E-state index contributed by atoms with van der Waals surface area (Å²) in [5.41, 5.74) is 6.72. The van der Waals surface area contributed by atoms with E-state index in [2.05, 4.69) is 24.5 Å². The minimum absolute atomic E-state index is 0.152. The van der Waals surface area contributed by atoms with Gasteiger partial charge in [-0.2, -0.15) is 0 Å². The van der Waals surface area contributed by atoms with Gasteiger partial charge in [-0.05, 0) is 48.2 Å². The SMILES string of the molecule is CCCCc1ccc(-c2nc3ccccc3c(=O)n2NCc2ccc(Cl)cc2Cl)cc1. The van der Waals surface area contributed by atoms with Crippen molar-refractivity contribution in [3.63, 3.8) is 0 Å². The van der Waals surface area contributed by atoms with Crippen molar-refractivity contribution in [1.82, 2.24) is 9.66 Å². The second kappa shape index (κ2) is 9.54. The highest BCUT2D eigenvalue weighted by atomic mass is 35.5. The van der Waals surface area contributed by atoms with Crippen LogP contribution in [-0.2, 0) is 13.0 Å². The van der Waals surface area contributed by atoms with Crippen LogP contribution in [0.1, 0.15) is 30.9 Å². The van der Waals surface area contributed by atoms with Crippen LogP contribution < -0.4 is 11.0 Å². The molecular weight excluding hydrogens is 429 g/mol. The van der Waals surface area contributed by atoms with Crippen LogP contribution >= 0.6 is 23.2 Å². The first-order valence-corrected chi connectivity index (χ1v) is 11.1. The highest BCUT2D eigenvalue weighted by Gasteiger charge is 2.13. The Hall–Kier alpha value is -2.82. The van der Waals surface area contributed by atoms with Crippen molar-refractivity contribution in [2.45, 2.75) is 32.7 Å². The van der Waals surface area contributed by atoms with Crippen molar-refractivity contribution in [2.24, 2.45) is 0 Å². The molecule has 0 saturated carbocycles. The van der Waals surface area contributed by atoms with E-state index >= 15 is 0 Å². The molecule has 0 bridgehead atoms. The molecule has 0 aliphatic heterocycles. The Morgan fingerprint density at radius 2 is 1.77 bits per heavy atom. The van der Waals surface area contributed by atoms with Gasteiger partial charge in [-0.15, -0.1) is 0 Å². The highest BCUT2D eigenvalue weighted by molar-refractivity contribution is 6.35. The third kappa shape index (κ3) is 4.76. The molecule has 6 heteroatoms. The number of nitrogens with one attached hydrogen (secondary N) is 1. The van der Waals surface area contributed by atoms with Crippen LogP contribution in [-0.4, -0.2) is 9.66 Å². The molecule has 0 unspecified atom stereocenters. The molecule has 4 rings (SSSR count). The molecule has 3 aromatic carbocycles. The molecule has 0 saturated heterocycles. The van der Waals surface area contributed by atoms with Gasteiger partial charge in [-0.3, -0.25) is 4.79 Å². The molecule has 0 atom stereocenters. The number of unbranched alkanes of at least 4 members (excludes halogenated alkanes) is 1.